The highest BCUT2D eigenvalue weighted by Gasteiger charge is 2.37. The minimum Gasteiger partial charge on any atom is -0.481 e. The average Bonchev–Trinajstić information content (AvgIpc) is 2.92. The van der Waals surface area contributed by atoms with Gasteiger partial charge in [-0.1, -0.05) is 23.7 Å². The predicted octanol–water partition coefficient (Wildman–Crippen LogP) is 3.34. The van der Waals surface area contributed by atoms with Gasteiger partial charge in [0.25, 0.3) is 0 Å². The molecule has 1 N–H and O–H groups in total. The summed E-state index contributed by atoms with van der Waals surface area (Å²) in [5.41, 5.74) is 0.865. The molecule has 0 saturated heterocycles. The lowest BCUT2D eigenvalue weighted by atomic mass is 9.94. The van der Waals surface area contributed by atoms with Gasteiger partial charge in [0, 0.05) is 5.02 Å². The first kappa shape index (κ1) is 12.3. The molecule has 4 heteroatoms. The van der Waals surface area contributed by atoms with E-state index in [4.69, 9.17) is 16.7 Å². The Morgan fingerprint density at radius 2 is 1.87 bits per heavy atom. The number of rotatable bonds is 3. The summed E-state index contributed by atoms with van der Waals surface area (Å²) in [6.07, 6.45) is 2.05. The van der Waals surface area contributed by atoms with Crippen LogP contribution in [-0.2, 0) is 4.79 Å². The third-order valence-corrected chi connectivity index (χ3v) is 2.84. The monoisotopic (exact) mass is 246 g/mol. The second-order valence-corrected chi connectivity index (χ2v) is 4.14. The van der Waals surface area contributed by atoms with Crippen molar-refractivity contribution in [1.29, 1.82) is 0 Å². The molecule has 0 aliphatic heterocycles. The molecule has 1 aromatic carbocycles. The van der Waals surface area contributed by atoms with Gasteiger partial charge in [-0.05, 0) is 36.5 Å². The van der Waals surface area contributed by atoms with E-state index in [1.54, 1.807) is 24.3 Å². The van der Waals surface area contributed by atoms with Crippen molar-refractivity contribution in [2.24, 2.45) is 5.92 Å². The highest BCUT2D eigenvalue weighted by molar-refractivity contribution is 6.30. The number of hydrogen-bond donors (Lipinski definition) is 1. The molecule has 1 aromatic rings. The maximum Gasteiger partial charge on any atom is 0.311 e. The Kier molecular flexibility index (Phi) is 4.00. The molecule has 0 heterocycles. The van der Waals surface area contributed by atoms with Crippen molar-refractivity contribution >= 4 is 30.0 Å². The number of carboxylic acid groups (broad SMARTS) is 1. The first-order valence-corrected chi connectivity index (χ1v) is 5.04. The topological polar surface area (TPSA) is 37.3 Å². The van der Waals surface area contributed by atoms with Crippen molar-refractivity contribution < 1.29 is 9.90 Å². The van der Waals surface area contributed by atoms with Gasteiger partial charge in [0.1, 0.15) is 0 Å². The molecule has 2 rings (SSSR count). The van der Waals surface area contributed by atoms with Gasteiger partial charge < -0.3 is 5.11 Å². The molecule has 0 bridgehead atoms. The highest BCUT2D eigenvalue weighted by Crippen LogP contribution is 2.42. The molecular weight excluding hydrogens is 235 g/mol. The number of benzene rings is 1. The van der Waals surface area contributed by atoms with Crippen molar-refractivity contribution in [2.45, 2.75) is 18.8 Å². The van der Waals surface area contributed by atoms with Crippen LogP contribution in [0.5, 0.6) is 0 Å². The number of halogens is 2. The van der Waals surface area contributed by atoms with Crippen molar-refractivity contribution in [2.75, 3.05) is 0 Å². The summed E-state index contributed by atoms with van der Waals surface area (Å²) in [7, 11) is 0. The predicted molar refractivity (Wildman–Crippen MR) is 61.8 cm³/mol. The Morgan fingerprint density at radius 1 is 1.33 bits per heavy atom. The zero-order chi connectivity index (χ0) is 10.1. The lowest BCUT2D eigenvalue weighted by Crippen LogP contribution is -2.13. The lowest BCUT2D eigenvalue weighted by Gasteiger charge is -2.10. The van der Waals surface area contributed by atoms with Crippen molar-refractivity contribution in [1.82, 2.24) is 0 Å². The van der Waals surface area contributed by atoms with E-state index in [0.717, 1.165) is 18.4 Å². The Hall–Kier alpha value is -0.730. The molecule has 1 saturated carbocycles. The number of hydrogen-bond acceptors (Lipinski definition) is 1. The van der Waals surface area contributed by atoms with E-state index >= 15 is 0 Å². The van der Waals surface area contributed by atoms with Gasteiger partial charge in [0.15, 0.2) is 0 Å². The highest BCUT2D eigenvalue weighted by atomic mass is 35.5. The van der Waals surface area contributed by atoms with Crippen LogP contribution in [0, 0.1) is 5.92 Å². The van der Waals surface area contributed by atoms with Gasteiger partial charge >= 0.3 is 5.97 Å². The van der Waals surface area contributed by atoms with Crippen LogP contribution in [-0.4, -0.2) is 11.1 Å². The van der Waals surface area contributed by atoms with Crippen LogP contribution in [0.3, 0.4) is 0 Å². The minimum atomic E-state index is -0.727. The molecule has 0 spiro atoms. The zero-order valence-electron chi connectivity index (χ0n) is 8.02. The third-order valence-electron chi connectivity index (χ3n) is 2.59. The fraction of sp³-hybridized carbons (Fsp3) is 0.364. The van der Waals surface area contributed by atoms with Gasteiger partial charge in [-0.25, -0.2) is 0 Å². The summed E-state index contributed by atoms with van der Waals surface area (Å²) < 4.78 is 0. The van der Waals surface area contributed by atoms with Crippen LogP contribution >= 0.6 is 24.0 Å². The molecule has 2 nitrogen and oxygen atoms in total. The van der Waals surface area contributed by atoms with Crippen LogP contribution in [0.2, 0.25) is 5.02 Å². The second kappa shape index (κ2) is 4.86. The fourth-order valence-electron chi connectivity index (χ4n) is 1.72. The van der Waals surface area contributed by atoms with Crippen molar-refractivity contribution in [3.63, 3.8) is 0 Å². The molecule has 1 aliphatic rings. The molecule has 0 amide bonds. The van der Waals surface area contributed by atoms with E-state index in [0.29, 0.717) is 10.9 Å². The summed E-state index contributed by atoms with van der Waals surface area (Å²) in [6, 6.07) is 7.10. The summed E-state index contributed by atoms with van der Waals surface area (Å²) >= 11 is 5.74. The summed E-state index contributed by atoms with van der Waals surface area (Å²) in [5, 5.41) is 9.72. The summed E-state index contributed by atoms with van der Waals surface area (Å²) in [4.78, 5) is 11.0. The smallest absolute Gasteiger partial charge is 0.311 e. The van der Waals surface area contributed by atoms with E-state index in [1.165, 1.54) is 0 Å². The Labute approximate surface area is 99.7 Å². The van der Waals surface area contributed by atoms with Gasteiger partial charge in [-0.3, -0.25) is 4.79 Å². The normalized spacial score (nSPS) is 16.6. The molecule has 0 radical (unpaired) electrons. The van der Waals surface area contributed by atoms with Gasteiger partial charge in [-0.15, -0.1) is 12.4 Å². The molecule has 1 aliphatic carbocycles. The zero-order valence-corrected chi connectivity index (χ0v) is 9.59. The lowest BCUT2D eigenvalue weighted by molar-refractivity contribution is -0.139. The largest absolute Gasteiger partial charge is 0.481 e. The Balaban J connectivity index is 0.00000112. The number of carboxylic acids is 1. The number of carbonyl (C=O) groups is 1. The maximum absolute atomic E-state index is 11.0. The first-order chi connectivity index (χ1) is 6.68. The molecule has 1 atom stereocenters. The van der Waals surface area contributed by atoms with Crippen LogP contribution < -0.4 is 0 Å². The van der Waals surface area contributed by atoms with Crippen LogP contribution in [0.1, 0.15) is 24.3 Å². The molecule has 1 fully saturated rings. The standard InChI is InChI=1S/C11H11ClO2.ClH/c12-9-5-3-8(4-6-9)10(11(13)14)7-1-2-7;/h3-7,10H,1-2H2,(H,13,14);1H. The summed E-state index contributed by atoms with van der Waals surface area (Å²) in [6.45, 7) is 0. The maximum atomic E-state index is 11.0. The fourth-order valence-corrected chi connectivity index (χ4v) is 1.84. The van der Waals surface area contributed by atoms with Crippen LogP contribution in [0.15, 0.2) is 24.3 Å². The van der Waals surface area contributed by atoms with Crippen LogP contribution in [0.4, 0.5) is 0 Å². The quantitative estimate of drug-likeness (QED) is 0.889. The molecule has 1 unspecified atom stereocenters. The minimum absolute atomic E-state index is 0. The third kappa shape index (κ3) is 2.86. The van der Waals surface area contributed by atoms with Gasteiger partial charge in [0.05, 0.1) is 5.92 Å². The molecular formula is C11H12Cl2O2. The molecule has 0 aromatic heterocycles. The van der Waals surface area contributed by atoms with Gasteiger partial charge in [0.2, 0.25) is 0 Å². The van der Waals surface area contributed by atoms with E-state index in [-0.39, 0.29) is 18.3 Å². The SMILES string of the molecule is Cl.O=C(O)C(c1ccc(Cl)cc1)C1CC1. The Morgan fingerprint density at radius 3 is 2.27 bits per heavy atom. The van der Waals surface area contributed by atoms with Crippen molar-refractivity contribution in [3.8, 4) is 0 Å². The summed E-state index contributed by atoms with van der Waals surface area (Å²) in [5.74, 6) is -0.740. The Bertz CT molecular complexity index is 344. The molecule has 82 valence electrons. The number of aliphatic carboxylic acids is 1. The molecule has 15 heavy (non-hydrogen) atoms. The van der Waals surface area contributed by atoms with Crippen LogP contribution in [0.25, 0.3) is 0 Å². The second-order valence-electron chi connectivity index (χ2n) is 3.70. The van der Waals surface area contributed by atoms with E-state index in [1.807, 2.05) is 0 Å². The van der Waals surface area contributed by atoms with E-state index in [2.05, 4.69) is 0 Å². The van der Waals surface area contributed by atoms with E-state index in [9.17, 15) is 4.79 Å². The van der Waals surface area contributed by atoms with Gasteiger partial charge in [-0.2, -0.15) is 0 Å². The average molecular weight is 247 g/mol. The van der Waals surface area contributed by atoms with Crippen molar-refractivity contribution in [3.05, 3.63) is 34.9 Å². The van der Waals surface area contributed by atoms with E-state index < -0.39 is 5.97 Å². The first-order valence-electron chi connectivity index (χ1n) is 4.67.